The summed E-state index contributed by atoms with van der Waals surface area (Å²) in [7, 11) is 0. The van der Waals surface area contributed by atoms with Crippen LogP contribution in [0.3, 0.4) is 0 Å². The third-order valence-electron chi connectivity index (χ3n) is 5.65. The maximum atomic E-state index is 13.4. The number of fused-ring (bicyclic) bond motifs is 1. The molecule has 0 radical (unpaired) electrons. The average molecular weight is 419 g/mol. The first-order valence-corrected chi connectivity index (χ1v) is 10.6. The zero-order chi connectivity index (χ0) is 21.9. The Hall–Kier alpha value is -2.41. The summed E-state index contributed by atoms with van der Waals surface area (Å²) < 4.78 is 18.6. The number of benzene rings is 1. The van der Waals surface area contributed by atoms with E-state index in [1.807, 2.05) is 4.90 Å². The van der Waals surface area contributed by atoms with Crippen LogP contribution in [0.1, 0.15) is 74.0 Å². The lowest BCUT2D eigenvalue weighted by atomic mass is 9.92. The Morgan fingerprint density at radius 2 is 2.07 bits per heavy atom. The van der Waals surface area contributed by atoms with Gasteiger partial charge in [-0.05, 0) is 57.2 Å². The molecule has 1 unspecified atom stereocenters. The number of halogens is 1. The lowest BCUT2D eigenvalue weighted by Gasteiger charge is -2.34. The normalized spacial score (nSPS) is 18.9. The van der Waals surface area contributed by atoms with Crippen LogP contribution in [-0.4, -0.2) is 46.7 Å². The number of rotatable bonds is 5. The van der Waals surface area contributed by atoms with Gasteiger partial charge in [-0.15, -0.1) is 0 Å². The van der Waals surface area contributed by atoms with Crippen molar-refractivity contribution in [3.05, 3.63) is 46.8 Å². The number of aliphatic hydroxyl groups excluding tert-OH is 1. The van der Waals surface area contributed by atoms with Gasteiger partial charge in [0.15, 0.2) is 0 Å². The fraction of sp³-hybridized carbons (Fsp3) is 0.565. The number of carbonyl (C=O) groups is 2. The number of nitrogens with zero attached hydrogens (tertiary/aromatic N) is 1. The van der Waals surface area contributed by atoms with Gasteiger partial charge in [0.05, 0.1) is 6.33 Å². The molecule has 1 aromatic rings. The average Bonchev–Trinajstić information content (AvgIpc) is 3.21. The summed E-state index contributed by atoms with van der Waals surface area (Å²) in [6, 6.07) is 5.46. The van der Waals surface area contributed by atoms with Crippen molar-refractivity contribution >= 4 is 12.0 Å². The van der Waals surface area contributed by atoms with E-state index >= 15 is 0 Å². The van der Waals surface area contributed by atoms with E-state index in [-0.39, 0.29) is 18.0 Å². The molecule has 1 aliphatic heterocycles. The maximum Gasteiger partial charge on any atom is 0.407 e. The third kappa shape index (κ3) is 5.19. The highest BCUT2D eigenvalue weighted by atomic mass is 19.1. The molecule has 0 spiro atoms. The van der Waals surface area contributed by atoms with E-state index < -0.39 is 17.8 Å². The van der Waals surface area contributed by atoms with Crippen molar-refractivity contribution < 1.29 is 23.8 Å². The van der Waals surface area contributed by atoms with Crippen molar-refractivity contribution in [3.63, 3.8) is 0 Å². The van der Waals surface area contributed by atoms with E-state index in [4.69, 9.17) is 4.74 Å². The van der Waals surface area contributed by atoms with Gasteiger partial charge in [-0.2, -0.15) is 0 Å². The predicted octanol–water partition coefficient (Wildman–Crippen LogP) is 4.04. The van der Waals surface area contributed by atoms with Crippen molar-refractivity contribution in [1.82, 2.24) is 10.2 Å². The molecule has 2 N–H and O–H groups in total. The molecule has 6 nitrogen and oxygen atoms in total. The lowest BCUT2D eigenvalue weighted by molar-refractivity contribution is 0.0528. The summed E-state index contributed by atoms with van der Waals surface area (Å²) in [6.07, 6.45) is 3.57. The standard InChI is InChI=1S/C23H31FN2O4/c1-23(2,3)30-22(29)25-14-17(13-24)20(27)16-8-9-19-15(12-16)10-11-26(21(19)28)18-6-4-5-7-18/h8-9,12-13,18,20,27H,4-7,10-11,14H2,1-3H3,(H,25,29)/b17-13+. The second kappa shape index (κ2) is 9.16. The first kappa shape index (κ1) is 22.3. The minimum atomic E-state index is -1.22. The molecule has 0 aromatic heterocycles. The van der Waals surface area contributed by atoms with E-state index in [1.165, 1.54) is 12.8 Å². The van der Waals surface area contributed by atoms with Crippen LogP contribution in [0.5, 0.6) is 0 Å². The van der Waals surface area contributed by atoms with Gasteiger partial charge in [-0.1, -0.05) is 25.0 Å². The predicted molar refractivity (Wildman–Crippen MR) is 112 cm³/mol. The van der Waals surface area contributed by atoms with Crippen LogP contribution in [0.2, 0.25) is 0 Å². The summed E-state index contributed by atoms with van der Waals surface area (Å²) >= 11 is 0. The highest BCUT2D eigenvalue weighted by molar-refractivity contribution is 5.97. The fourth-order valence-electron chi connectivity index (χ4n) is 4.16. The van der Waals surface area contributed by atoms with Crippen molar-refractivity contribution in [3.8, 4) is 0 Å². The molecule has 2 aliphatic rings. The highest BCUT2D eigenvalue weighted by Gasteiger charge is 2.32. The molecule has 2 amide bonds. The van der Waals surface area contributed by atoms with Crippen LogP contribution in [0.4, 0.5) is 9.18 Å². The Morgan fingerprint density at radius 1 is 1.37 bits per heavy atom. The zero-order valence-corrected chi connectivity index (χ0v) is 17.9. The Bertz CT molecular complexity index is 825. The maximum absolute atomic E-state index is 13.4. The molecule has 1 heterocycles. The number of carbonyl (C=O) groups excluding carboxylic acids is 2. The van der Waals surface area contributed by atoms with Gasteiger partial charge in [-0.25, -0.2) is 9.18 Å². The smallest absolute Gasteiger partial charge is 0.407 e. The quantitative estimate of drug-likeness (QED) is 0.757. The molecule has 30 heavy (non-hydrogen) atoms. The summed E-state index contributed by atoms with van der Waals surface area (Å²) in [4.78, 5) is 26.7. The van der Waals surface area contributed by atoms with Gasteiger partial charge >= 0.3 is 6.09 Å². The van der Waals surface area contributed by atoms with Crippen LogP contribution in [0.25, 0.3) is 0 Å². The van der Waals surface area contributed by atoms with E-state index in [9.17, 15) is 19.1 Å². The minimum Gasteiger partial charge on any atom is -0.444 e. The number of hydrogen-bond acceptors (Lipinski definition) is 4. The molecule has 3 rings (SSSR count). The summed E-state index contributed by atoms with van der Waals surface area (Å²) in [5.41, 5.74) is 1.35. The summed E-state index contributed by atoms with van der Waals surface area (Å²) in [6.45, 7) is 5.68. The van der Waals surface area contributed by atoms with Gasteiger partial charge in [-0.3, -0.25) is 4.79 Å². The Morgan fingerprint density at radius 3 is 2.70 bits per heavy atom. The van der Waals surface area contributed by atoms with Gasteiger partial charge in [0.25, 0.3) is 5.91 Å². The number of aliphatic hydroxyl groups is 1. The minimum absolute atomic E-state index is 0.00975. The Balaban J connectivity index is 1.67. The third-order valence-corrected chi connectivity index (χ3v) is 5.65. The second-order valence-corrected chi connectivity index (χ2v) is 9.05. The second-order valence-electron chi connectivity index (χ2n) is 9.05. The number of ether oxygens (including phenoxy) is 1. The fourth-order valence-corrected chi connectivity index (χ4v) is 4.16. The topological polar surface area (TPSA) is 78.9 Å². The molecule has 1 atom stereocenters. The number of hydrogen-bond donors (Lipinski definition) is 2. The first-order valence-electron chi connectivity index (χ1n) is 10.6. The Kier molecular flexibility index (Phi) is 6.81. The lowest BCUT2D eigenvalue weighted by Crippen LogP contribution is -2.43. The molecule has 1 fully saturated rings. The molecule has 1 saturated carbocycles. The molecule has 164 valence electrons. The van der Waals surface area contributed by atoms with Gasteiger partial charge in [0.2, 0.25) is 0 Å². The number of alkyl carbamates (subject to hydrolysis) is 1. The van der Waals surface area contributed by atoms with Crippen molar-refractivity contribution in [2.75, 3.05) is 13.1 Å². The molecular weight excluding hydrogens is 387 g/mol. The van der Waals surface area contributed by atoms with Gasteiger partial charge in [0.1, 0.15) is 11.7 Å². The van der Waals surface area contributed by atoms with Gasteiger partial charge in [0, 0.05) is 30.3 Å². The molecular formula is C23H31FN2O4. The van der Waals surface area contributed by atoms with Crippen LogP contribution in [-0.2, 0) is 11.2 Å². The van der Waals surface area contributed by atoms with Crippen molar-refractivity contribution in [2.24, 2.45) is 0 Å². The van der Waals surface area contributed by atoms with Crippen LogP contribution < -0.4 is 5.32 Å². The van der Waals surface area contributed by atoms with E-state index in [0.717, 1.165) is 18.4 Å². The van der Waals surface area contributed by atoms with Crippen molar-refractivity contribution in [2.45, 2.75) is 70.6 Å². The van der Waals surface area contributed by atoms with Gasteiger partial charge < -0.3 is 20.1 Å². The molecule has 0 bridgehead atoms. The van der Waals surface area contributed by atoms with Crippen LogP contribution in [0.15, 0.2) is 30.1 Å². The van der Waals surface area contributed by atoms with Crippen molar-refractivity contribution in [1.29, 1.82) is 0 Å². The highest BCUT2D eigenvalue weighted by Crippen LogP contribution is 2.31. The van der Waals surface area contributed by atoms with Crippen LogP contribution in [0, 0.1) is 0 Å². The van der Waals surface area contributed by atoms with E-state index in [2.05, 4.69) is 5.32 Å². The molecule has 7 heteroatoms. The van der Waals surface area contributed by atoms with E-state index in [1.54, 1.807) is 39.0 Å². The largest absolute Gasteiger partial charge is 0.444 e. The number of amides is 2. The SMILES string of the molecule is CC(C)(C)OC(=O)NC/C(=C\F)C(O)c1ccc2c(c1)CCN(C1CCCC1)C2=O. The van der Waals surface area contributed by atoms with E-state index in [0.29, 0.717) is 36.5 Å². The Labute approximate surface area is 177 Å². The molecule has 1 aliphatic carbocycles. The first-order chi connectivity index (χ1) is 14.2. The monoisotopic (exact) mass is 418 g/mol. The summed E-state index contributed by atoms with van der Waals surface area (Å²) in [5, 5.41) is 13.1. The molecule has 0 saturated heterocycles. The van der Waals surface area contributed by atoms with Crippen LogP contribution >= 0.6 is 0 Å². The summed E-state index contributed by atoms with van der Waals surface area (Å²) in [5.74, 6) is 0.0389. The molecule has 1 aromatic carbocycles. The number of nitrogens with one attached hydrogen (secondary N) is 1. The zero-order valence-electron chi connectivity index (χ0n) is 17.9.